The summed E-state index contributed by atoms with van der Waals surface area (Å²) in [5.41, 5.74) is 0.532. The molecule has 1 N–H and O–H groups in total. The normalized spacial score (nSPS) is 11.1. The molecule has 0 spiro atoms. The van der Waals surface area contributed by atoms with Crippen molar-refractivity contribution in [3.63, 3.8) is 0 Å². The van der Waals surface area contributed by atoms with E-state index in [2.05, 4.69) is 6.92 Å². The number of hydrogen-bond donors (Lipinski definition) is 1. The number of unbranched alkanes of at least 4 members (excludes halogenated alkanes) is 7. The molecule has 2 aromatic rings. The Hall–Kier alpha value is -0.414. The number of ether oxygens (including phenoxy) is 1. The molecule has 0 aliphatic rings. The molecule has 7 heteroatoms. The number of hydrogen-bond acceptors (Lipinski definition) is 4. The van der Waals surface area contributed by atoms with Crippen LogP contribution in [0.3, 0.4) is 0 Å². The van der Waals surface area contributed by atoms with Gasteiger partial charge in [-0.1, -0.05) is 64.0 Å². The molecule has 0 saturated carbocycles. The summed E-state index contributed by atoms with van der Waals surface area (Å²) in [5, 5.41) is 11.4. The van der Waals surface area contributed by atoms with Gasteiger partial charge in [0.15, 0.2) is 0 Å². The third-order valence-corrected chi connectivity index (χ3v) is 5.60. The molecular formula is C22H29KO5S. The Labute approximate surface area is 217 Å². The molecule has 0 amide bonds. The summed E-state index contributed by atoms with van der Waals surface area (Å²) in [6.45, 7) is 2.20. The molecule has 2 rings (SSSR count). The van der Waals surface area contributed by atoms with E-state index in [-0.39, 0.29) is 62.0 Å². The van der Waals surface area contributed by atoms with E-state index < -0.39 is 10.1 Å². The van der Waals surface area contributed by atoms with Gasteiger partial charge in [0.25, 0.3) is 10.1 Å². The van der Waals surface area contributed by atoms with Crippen LogP contribution in [-0.2, 0) is 16.5 Å². The van der Waals surface area contributed by atoms with Crippen LogP contribution < -0.4 is 61.2 Å². The fraction of sp³-hybridized carbons (Fsp3) is 0.455. The van der Waals surface area contributed by atoms with Crippen LogP contribution in [0.4, 0.5) is 0 Å². The SMILES string of the molecule is CCCCCCCCCCc1cc(Oc2cccc([O-])c2)ccc1S(=O)(=O)O.[K+]. The minimum Gasteiger partial charge on any atom is -0.872 e. The molecule has 0 aliphatic heterocycles. The zero-order chi connectivity index (χ0) is 20.4. The van der Waals surface area contributed by atoms with E-state index in [4.69, 9.17) is 4.74 Å². The van der Waals surface area contributed by atoms with Crippen molar-refractivity contribution >= 4 is 10.1 Å². The zero-order valence-electron chi connectivity index (χ0n) is 17.4. The van der Waals surface area contributed by atoms with Crippen molar-refractivity contribution in [2.24, 2.45) is 0 Å². The van der Waals surface area contributed by atoms with Crippen LogP contribution in [0.2, 0.25) is 0 Å². The van der Waals surface area contributed by atoms with Crippen LogP contribution in [0.15, 0.2) is 47.4 Å². The van der Waals surface area contributed by atoms with Gasteiger partial charge in [0.1, 0.15) is 11.5 Å². The molecule has 2 aromatic carbocycles. The summed E-state index contributed by atoms with van der Waals surface area (Å²) < 4.78 is 38.5. The number of aryl methyl sites for hydroxylation is 1. The molecule has 0 aromatic heterocycles. The first-order chi connectivity index (χ1) is 13.4. The van der Waals surface area contributed by atoms with Crippen molar-refractivity contribution in [1.29, 1.82) is 0 Å². The van der Waals surface area contributed by atoms with Gasteiger partial charge in [-0.05, 0) is 48.7 Å². The number of rotatable bonds is 12. The smallest absolute Gasteiger partial charge is 0.872 e. The molecule has 0 aliphatic carbocycles. The van der Waals surface area contributed by atoms with Gasteiger partial charge in [-0.2, -0.15) is 8.42 Å². The first-order valence-corrected chi connectivity index (χ1v) is 11.4. The second-order valence-electron chi connectivity index (χ2n) is 7.05. The van der Waals surface area contributed by atoms with E-state index in [1.807, 2.05) is 0 Å². The van der Waals surface area contributed by atoms with Gasteiger partial charge in [0.05, 0.1) is 4.90 Å². The molecule has 0 fully saturated rings. The summed E-state index contributed by atoms with van der Waals surface area (Å²) in [6.07, 6.45) is 9.74. The Morgan fingerprint density at radius 3 is 2.14 bits per heavy atom. The second-order valence-corrected chi connectivity index (χ2v) is 8.44. The molecule has 0 saturated heterocycles. The summed E-state index contributed by atoms with van der Waals surface area (Å²) in [5.74, 6) is 0.670. The van der Waals surface area contributed by atoms with Crippen molar-refractivity contribution in [3.05, 3.63) is 48.0 Å². The summed E-state index contributed by atoms with van der Waals surface area (Å²) in [6, 6.07) is 10.5. The molecule has 0 bridgehead atoms. The van der Waals surface area contributed by atoms with Crippen molar-refractivity contribution in [1.82, 2.24) is 0 Å². The van der Waals surface area contributed by atoms with Gasteiger partial charge in [0, 0.05) is 0 Å². The topological polar surface area (TPSA) is 86.7 Å². The van der Waals surface area contributed by atoms with E-state index in [9.17, 15) is 18.1 Å². The standard InChI is InChI=1S/C22H30O5S.K/c1-2-3-4-5-6-7-8-9-11-18-16-21(14-15-22(18)28(24,25)26)27-20-13-10-12-19(23)17-20;/h10,12-17,23H,2-9,11H2,1H3,(H,24,25,26);/q;+1/p-1. The molecule has 0 atom stereocenters. The molecular weight excluding hydrogens is 415 g/mol. The minimum atomic E-state index is -4.29. The Balaban J connectivity index is 0.00000420. The minimum absolute atomic E-state index is 0. The Bertz CT molecular complexity index is 852. The van der Waals surface area contributed by atoms with Crippen molar-refractivity contribution in [2.75, 3.05) is 0 Å². The van der Waals surface area contributed by atoms with Crippen LogP contribution in [0, 0.1) is 0 Å². The van der Waals surface area contributed by atoms with E-state index in [1.165, 1.54) is 56.4 Å². The maximum absolute atomic E-state index is 11.7. The third kappa shape index (κ3) is 9.96. The van der Waals surface area contributed by atoms with Crippen LogP contribution in [-0.4, -0.2) is 13.0 Å². The molecule has 5 nitrogen and oxygen atoms in total. The summed E-state index contributed by atoms with van der Waals surface area (Å²) >= 11 is 0. The predicted molar refractivity (Wildman–Crippen MR) is 109 cm³/mol. The summed E-state index contributed by atoms with van der Waals surface area (Å²) in [4.78, 5) is -0.0830. The molecule has 154 valence electrons. The van der Waals surface area contributed by atoms with Crippen LogP contribution >= 0.6 is 0 Å². The largest absolute Gasteiger partial charge is 1.00 e. The van der Waals surface area contributed by atoms with Crippen molar-refractivity contribution in [3.8, 4) is 17.2 Å². The quantitative estimate of drug-likeness (QED) is 0.309. The average Bonchev–Trinajstić information content (AvgIpc) is 2.63. The molecule has 0 radical (unpaired) electrons. The van der Waals surface area contributed by atoms with Gasteiger partial charge in [-0.25, -0.2) is 0 Å². The summed E-state index contributed by atoms with van der Waals surface area (Å²) in [7, 11) is -4.29. The fourth-order valence-electron chi connectivity index (χ4n) is 3.19. The first kappa shape index (κ1) is 26.6. The van der Waals surface area contributed by atoms with E-state index in [1.54, 1.807) is 18.2 Å². The van der Waals surface area contributed by atoms with Gasteiger partial charge in [0.2, 0.25) is 0 Å². The third-order valence-electron chi connectivity index (χ3n) is 4.65. The van der Waals surface area contributed by atoms with Gasteiger partial charge in [-0.15, -0.1) is 5.75 Å². The monoisotopic (exact) mass is 444 g/mol. The van der Waals surface area contributed by atoms with Crippen LogP contribution in [0.5, 0.6) is 17.2 Å². The Morgan fingerprint density at radius 1 is 0.897 bits per heavy atom. The Morgan fingerprint density at radius 2 is 1.52 bits per heavy atom. The van der Waals surface area contributed by atoms with Crippen molar-refractivity contribution in [2.45, 2.75) is 69.6 Å². The van der Waals surface area contributed by atoms with Gasteiger partial charge < -0.3 is 9.84 Å². The maximum atomic E-state index is 11.7. The molecule has 29 heavy (non-hydrogen) atoms. The van der Waals surface area contributed by atoms with E-state index in [0.29, 0.717) is 23.5 Å². The van der Waals surface area contributed by atoms with Gasteiger partial charge in [-0.3, -0.25) is 4.55 Å². The van der Waals surface area contributed by atoms with E-state index in [0.717, 1.165) is 19.3 Å². The fourth-order valence-corrected chi connectivity index (χ4v) is 3.92. The van der Waals surface area contributed by atoms with E-state index >= 15 is 0 Å². The number of benzene rings is 2. The molecule has 0 unspecified atom stereocenters. The maximum Gasteiger partial charge on any atom is 1.00 e. The average molecular weight is 445 g/mol. The van der Waals surface area contributed by atoms with Crippen molar-refractivity contribution < 1.29 is 74.2 Å². The second kappa shape index (κ2) is 13.8. The zero-order valence-corrected chi connectivity index (χ0v) is 21.3. The van der Waals surface area contributed by atoms with Crippen LogP contribution in [0.25, 0.3) is 0 Å². The first-order valence-electron chi connectivity index (χ1n) is 9.95. The van der Waals surface area contributed by atoms with Crippen LogP contribution in [0.1, 0.15) is 63.9 Å². The van der Waals surface area contributed by atoms with Gasteiger partial charge >= 0.3 is 51.4 Å². The Kier molecular flexibility index (Phi) is 12.7. The molecule has 0 heterocycles. The predicted octanol–water partition coefficient (Wildman–Crippen LogP) is 2.49.